The number of nitrogens with zero attached hydrogens (tertiary/aromatic N) is 3. The van der Waals surface area contributed by atoms with Gasteiger partial charge in [0.25, 0.3) is 0 Å². The van der Waals surface area contributed by atoms with Crippen LogP contribution in [0.2, 0.25) is 0 Å². The molecule has 3 heteroatoms. The van der Waals surface area contributed by atoms with Gasteiger partial charge in [0.15, 0.2) is 0 Å². The van der Waals surface area contributed by atoms with E-state index < -0.39 is 0 Å². The third-order valence-corrected chi connectivity index (χ3v) is 5.16. The highest BCUT2D eigenvalue weighted by Gasteiger charge is 2.33. The quantitative estimate of drug-likeness (QED) is 0.673. The number of hydrogen-bond donors (Lipinski definition) is 0. The van der Waals surface area contributed by atoms with Crippen molar-refractivity contribution >= 4 is 0 Å². The zero-order valence-electron chi connectivity index (χ0n) is 15.3. The number of benzene rings is 3. The first-order valence-corrected chi connectivity index (χ1v) is 9.39. The molecule has 0 bridgehead atoms. The molecule has 3 aromatic rings. The molecule has 0 amide bonds. The Morgan fingerprint density at radius 2 is 1.19 bits per heavy atom. The summed E-state index contributed by atoms with van der Waals surface area (Å²) in [6.45, 7) is 3.92. The highest BCUT2D eigenvalue weighted by Crippen LogP contribution is 2.32. The highest BCUT2D eigenvalue weighted by atomic mass is 15.4. The maximum absolute atomic E-state index is 9.12. The van der Waals surface area contributed by atoms with Gasteiger partial charge < -0.3 is 0 Å². The Bertz CT molecular complexity index is 848. The van der Waals surface area contributed by atoms with E-state index in [0.717, 1.165) is 26.2 Å². The average Bonchev–Trinajstić information content (AvgIpc) is 3.11. The van der Waals surface area contributed by atoms with E-state index in [2.05, 4.69) is 88.7 Å². The molecule has 27 heavy (non-hydrogen) atoms. The summed E-state index contributed by atoms with van der Waals surface area (Å²) in [5.41, 5.74) is 4.62. The van der Waals surface area contributed by atoms with E-state index >= 15 is 0 Å². The lowest BCUT2D eigenvalue weighted by atomic mass is 10.1. The first-order valence-electron chi connectivity index (χ1n) is 9.39. The van der Waals surface area contributed by atoms with Crippen molar-refractivity contribution in [3.63, 3.8) is 0 Å². The topological polar surface area (TPSA) is 30.3 Å². The van der Waals surface area contributed by atoms with Crippen LogP contribution in [-0.4, -0.2) is 22.9 Å². The van der Waals surface area contributed by atoms with E-state index in [1.807, 2.05) is 12.1 Å². The molecule has 0 atom stereocenters. The SMILES string of the molecule is N#Cc1ccc(C2N(Cc3ccccc3)CCN2Cc2ccccc2)cc1. The summed E-state index contributed by atoms with van der Waals surface area (Å²) in [5.74, 6) is 0. The van der Waals surface area contributed by atoms with Crippen LogP contribution in [0.15, 0.2) is 84.9 Å². The van der Waals surface area contributed by atoms with Gasteiger partial charge in [-0.15, -0.1) is 0 Å². The first kappa shape index (κ1) is 17.5. The summed E-state index contributed by atoms with van der Waals surface area (Å²) in [6.07, 6.45) is 0.221. The molecule has 0 spiro atoms. The molecule has 0 aromatic heterocycles. The Hall–Kier alpha value is -2.93. The molecule has 1 heterocycles. The van der Waals surface area contributed by atoms with E-state index in [-0.39, 0.29) is 6.17 Å². The molecule has 0 N–H and O–H groups in total. The molecular weight excluding hydrogens is 330 g/mol. The fourth-order valence-corrected chi connectivity index (χ4v) is 3.85. The zero-order chi connectivity index (χ0) is 18.5. The molecule has 0 saturated carbocycles. The van der Waals surface area contributed by atoms with Gasteiger partial charge in [0, 0.05) is 26.2 Å². The summed E-state index contributed by atoms with van der Waals surface area (Å²) in [5, 5.41) is 9.12. The van der Waals surface area contributed by atoms with Crippen LogP contribution in [0.4, 0.5) is 0 Å². The van der Waals surface area contributed by atoms with E-state index in [1.54, 1.807) is 0 Å². The molecule has 0 unspecified atom stereocenters. The van der Waals surface area contributed by atoms with Crippen molar-refractivity contribution in [2.75, 3.05) is 13.1 Å². The average molecular weight is 353 g/mol. The molecule has 3 aromatic carbocycles. The molecule has 4 rings (SSSR count). The molecule has 1 aliphatic heterocycles. The Balaban J connectivity index is 1.61. The van der Waals surface area contributed by atoms with Crippen molar-refractivity contribution in [3.8, 4) is 6.07 Å². The van der Waals surface area contributed by atoms with Crippen molar-refractivity contribution in [1.29, 1.82) is 5.26 Å². The number of nitriles is 1. The van der Waals surface area contributed by atoms with E-state index in [9.17, 15) is 0 Å². The molecular formula is C24H23N3. The second kappa shape index (κ2) is 8.18. The highest BCUT2D eigenvalue weighted by molar-refractivity contribution is 5.33. The third kappa shape index (κ3) is 4.09. The van der Waals surface area contributed by atoms with Crippen molar-refractivity contribution in [1.82, 2.24) is 9.80 Å². The van der Waals surface area contributed by atoms with Crippen molar-refractivity contribution in [3.05, 3.63) is 107 Å². The standard InChI is InChI=1S/C24H23N3/c25-17-20-11-13-23(14-12-20)24-26(18-21-7-3-1-4-8-21)15-16-27(24)19-22-9-5-2-6-10-22/h1-14,24H,15-16,18-19H2. The molecule has 0 aliphatic carbocycles. The van der Waals surface area contributed by atoms with E-state index in [4.69, 9.17) is 5.26 Å². The Morgan fingerprint density at radius 1 is 0.704 bits per heavy atom. The van der Waals surface area contributed by atoms with Gasteiger partial charge in [-0.3, -0.25) is 9.80 Å². The van der Waals surface area contributed by atoms with Crippen LogP contribution in [0, 0.1) is 11.3 Å². The van der Waals surface area contributed by atoms with E-state index in [1.165, 1.54) is 16.7 Å². The summed E-state index contributed by atoms with van der Waals surface area (Å²) in [7, 11) is 0. The van der Waals surface area contributed by atoms with Crippen LogP contribution in [-0.2, 0) is 13.1 Å². The van der Waals surface area contributed by atoms with Crippen LogP contribution in [0.1, 0.15) is 28.4 Å². The zero-order valence-corrected chi connectivity index (χ0v) is 15.3. The minimum atomic E-state index is 0.221. The summed E-state index contributed by atoms with van der Waals surface area (Å²) in [4.78, 5) is 5.05. The number of hydrogen-bond acceptors (Lipinski definition) is 3. The Kier molecular flexibility index (Phi) is 5.29. The van der Waals surface area contributed by atoms with Crippen LogP contribution >= 0.6 is 0 Å². The van der Waals surface area contributed by atoms with Crippen LogP contribution < -0.4 is 0 Å². The van der Waals surface area contributed by atoms with Gasteiger partial charge in [-0.1, -0.05) is 72.8 Å². The van der Waals surface area contributed by atoms with Crippen LogP contribution in [0.5, 0.6) is 0 Å². The molecule has 1 fully saturated rings. The Labute approximate surface area is 161 Å². The van der Waals surface area contributed by atoms with E-state index in [0.29, 0.717) is 5.56 Å². The normalized spacial score (nSPS) is 15.7. The fourth-order valence-electron chi connectivity index (χ4n) is 3.85. The molecule has 3 nitrogen and oxygen atoms in total. The van der Waals surface area contributed by atoms with Crippen LogP contribution in [0.3, 0.4) is 0 Å². The second-order valence-electron chi connectivity index (χ2n) is 7.02. The van der Waals surface area contributed by atoms with Gasteiger partial charge in [-0.05, 0) is 28.8 Å². The fraction of sp³-hybridized carbons (Fsp3) is 0.208. The predicted molar refractivity (Wildman–Crippen MR) is 108 cm³/mol. The molecule has 1 aliphatic rings. The lowest BCUT2D eigenvalue weighted by Crippen LogP contribution is -2.30. The van der Waals surface area contributed by atoms with Gasteiger partial charge in [-0.25, -0.2) is 0 Å². The number of rotatable bonds is 5. The summed E-state index contributed by atoms with van der Waals surface area (Å²) < 4.78 is 0. The first-order chi connectivity index (χ1) is 13.3. The lowest BCUT2D eigenvalue weighted by Gasteiger charge is -2.31. The smallest absolute Gasteiger partial charge is 0.0991 e. The largest absolute Gasteiger partial charge is 0.279 e. The second-order valence-corrected chi connectivity index (χ2v) is 7.02. The van der Waals surface area contributed by atoms with Crippen molar-refractivity contribution in [2.24, 2.45) is 0 Å². The Morgan fingerprint density at radius 3 is 1.63 bits per heavy atom. The summed E-state index contributed by atoms with van der Waals surface area (Å²) >= 11 is 0. The van der Waals surface area contributed by atoms with Gasteiger partial charge in [-0.2, -0.15) is 5.26 Å². The third-order valence-electron chi connectivity index (χ3n) is 5.16. The summed E-state index contributed by atoms with van der Waals surface area (Å²) in [6, 6.07) is 31.6. The molecule has 0 radical (unpaired) electrons. The van der Waals surface area contributed by atoms with Crippen LogP contribution in [0.25, 0.3) is 0 Å². The van der Waals surface area contributed by atoms with Gasteiger partial charge in [0.2, 0.25) is 0 Å². The predicted octanol–water partition coefficient (Wildman–Crippen LogP) is 4.57. The maximum Gasteiger partial charge on any atom is 0.0991 e. The minimum absolute atomic E-state index is 0.221. The van der Waals surface area contributed by atoms with Gasteiger partial charge in [0.05, 0.1) is 17.8 Å². The molecule has 1 saturated heterocycles. The monoisotopic (exact) mass is 353 g/mol. The lowest BCUT2D eigenvalue weighted by molar-refractivity contribution is 0.126. The molecule has 134 valence electrons. The minimum Gasteiger partial charge on any atom is -0.279 e. The van der Waals surface area contributed by atoms with Gasteiger partial charge >= 0.3 is 0 Å². The van der Waals surface area contributed by atoms with Crippen molar-refractivity contribution < 1.29 is 0 Å². The maximum atomic E-state index is 9.12. The van der Waals surface area contributed by atoms with Gasteiger partial charge in [0.1, 0.15) is 0 Å². The van der Waals surface area contributed by atoms with Crippen molar-refractivity contribution in [2.45, 2.75) is 19.3 Å².